The molecule has 45 heavy (non-hydrogen) atoms. The highest BCUT2D eigenvalue weighted by Gasteiger charge is 2.45. The number of benzene rings is 4. The lowest BCUT2D eigenvalue weighted by molar-refractivity contribution is -0.212. The van der Waals surface area contributed by atoms with Crippen LogP contribution in [0.4, 0.5) is 13.2 Å². The summed E-state index contributed by atoms with van der Waals surface area (Å²) in [5, 5.41) is 19.6. The first-order chi connectivity index (χ1) is 21.8. The molecule has 1 heterocycles. The van der Waals surface area contributed by atoms with Gasteiger partial charge in [-0.15, -0.1) is 5.10 Å². The van der Waals surface area contributed by atoms with Crippen molar-refractivity contribution in [2.75, 3.05) is 19.7 Å². The van der Waals surface area contributed by atoms with Gasteiger partial charge in [-0.2, -0.15) is 23.2 Å². The van der Waals surface area contributed by atoms with Crippen molar-refractivity contribution < 1.29 is 23.1 Å². The normalized spacial score (nSPS) is 13.4. The molecule has 5 aromatic rings. The van der Waals surface area contributed by atoms with E-state index in [4.69, 9.17) is 9.72 Å². The Kier molecular flexibility index (Phi) is 8.91. The molecular formula is C36H33F3N4O2. The number of nitrogens with zero attached hydrogens (tertiary/aromatic N) is 4. The predicted octanol–water partition coefficient (Wildman–Crippen LogP) is 8.37. The Morgan fingerprint density at radius 2 is 1.22 bits per heavy atom. The maximum absolute atomic E-state index is 13.2. The van der Waals surface area contributed by atoms with Gasteiger partial charge in [0.05, 0.1) is 6.61 Å². The van der Waals surface area contributed by atoms with Gasteiger partial charge >= 0.3 is 12.2 Å². The van der Waals surface area contributed by atoms with E-state index in [1.165, 1.54) is 0 Å². The van der Waals surface area contributed by atoms with Gasteiger partial charge in [-0.1, -0.05) is 127 Å². The first-order valence-corrected chi connectivity index (χ1v) is 15.0. The van der Waals surface area contributed by atoms with E-state index in [0.717, 1.165) is 39.8 Å². The minimum absolute atomic E-state index is 0.160. The second kappa shape index (κ2) is 13.2. The highest BCUT2D eigenvalue weighted by Crippen LogP contribution is 2.51. The van der Waals surface area contributed by atoms with E-state index < -0.39 is 18.1 Å². The van der Waals surface area contributed by atoms with Crippen molar-refractivity contribution in [2.45, 2.75) is 37.3 Å². The van der Waals surface area contributed by atoms with Gasteiger partial charge in [0, 0.05) is 23.1 Å². The van der Waals surface area contributed by atoms with Crippen LogP contribution in [0.2, 0.25) is 0 Å². The topological polar surface area (TPSA) is 71.4 Å². The summed E-state index contributed by atoms with van der Waals surface area (Å²) in [4.78, 5) is 4.70. The third-order valence-electron chi connectivity index (χ3n) is 8.23. The molecule has 0 bridgehead atoms. The fourth-order valence-electron chi connectivity index (χ4n) is 6.34. The average molecular weight is 611 g/mol. The molecule has 0 atom stereocenters. The molecule has 0 amide bonds. The first kappa shape index (κ1) is 30.4. The van der Waals surface area contributed by atoms with Gasteiger partial charge in [0.2, 0.25) is 0 Å². The Labute approximate surface area is 260 Å². The minimum atomic E-state index is -4.51. The van der Waals surface area contributed by atoms with Gasteiger partial charge in [-0.3, -0.25) is 0 Å². The summed E-state index contributed by atoms with van der Waals surface area (Å²) in [5.41, 5.74) is 6.25. The molecule has 9 heteroatoms. The molecule has 0 fully saturated rings. The van der Waals surface area contributed by atoms with E-state index in [0.29, 0.717) is 42.3 Å². The number of rotatable bonds is 12. The molecule has 0 radical (unpaired) electrons. The monoisotopic (exact) mass is 610 g/mol. The van der Waals surface area contributed by atoms with Crippen LogP contribution in [0.25, 0.3) is 33.6 Å². The summed E-state index contributed by atoms with van der Waals surface area (Å²) in [6.07, 6.45) is -1.78. The molecule has 1 N–H and O–H groups in total. The van der Waals surface area contributed by atoms with E-state index in [9.17, 15) is 18.4 Å². The fourth-order valence-corrected chi connectivity index (χ4v) is 6.34. The maximum atomic E-state index is 13.2. The van der Waals surface area contributed by atoms with E-state index in [-0.39, 0.29) is 12.6 Å². The number of alkyl halides is 3. The molecule has 1 aliphatic carbocycles. The standard InChI is InChI=1S/C36H33F3N4O2/c37-36(38,39)25-43(44)24-35(30-20-10-8-18-28(30)29-19-9-11-21-31(29)35)22-12-3-13-23-45-34-40-32(26-14-4-1-5-15-26)33(41-42-34)27-16-6-2-7-17-27/h1-2,4-11,14-21,44H,3,12-13,22-25H2. The van der Waals surface area contributed by atoms with Crippen LogP contribution < -0.4 is 4.74 Å². The van der Waals surface area contributed by atoms with E-state index in [2.05, 4.69) is 10.2 Å². The van der Waals surface area contributed by atoms with Crippen molar-refractivity contribution in [3.63, 3.8) is 0 Å². The SMILES string of the molecule is ON(CC(F)(F)F)CC1(CCCCCOc2nnc(-c3ccccc3)c(-c3ccccc3)n2)c2ccccc2-c2ccccc21. The Bertz CT molecular complexity index is 1690. The zero-order valence-electron chi connectivity index (χ0n) is 24.6. The number of fused-ring (bicyclic) bond motifs is 3. The summed E-state index contributed by atoms with van der Waals surface area (Å²) in [6, 6.07) is 35.3. The first-order valence-electron chi connectivity index (χ1n) is 15.0. The Hall–Kier alpha value is -4.60. The van der Waals surface area contributed by atoms with Crippen molar-refractivity contribution in [3.8, 4) is 39.7 Å². The molecule has 230 valence electrons. The minimum Gasteiger partial charge on any atom is -0.462 e. The van der Waals surface area contributed by atoms with Crippen LogP contribution in [0.15, 0.2) is 109 Å². The van der Waals surface area contributed by atoms with Gasteiger partial charge in [-0.05, 0) is 35.1 Å². The van der Waals surface area contributed by atoms with Gasteiger partial charge < -0.3 is 9.94 Å². The Morgan fingerprint density at radius 3 is 1.82 bits per heavy atom. The van der Waals surface area contributed by atoms with Crippen LogP contribution in [-0.4, -0.2) is 51.3 Å². The Balaban J connectivity index is 1.15. The van der Waals surface area contributed by atoms with Crippen LogP contribution in [0.5, 0.6) is 6.01 Å². The van der Waals surface area contributed by atoms with Crippen molar-refractivity contribution in [1.82, 2.24) is 20.2 Å². The second-order valence-electron chi connectivity index (χ2n) is 11.3. The molecular weight excluding hydrogens is 577 g/mol. The number of aromatic nitrogens is 3. The van der Waals surface area contributed by atoms with Gasteiger partial charge in [0.1, 0.15) is 17.9 Å². The summed E-state index contributed by atoms with van der Waals surface area (Å²) in [7, 11) is 0. The number of ether oxygens (including phenoxy) is 1. The third-order valence-corrected chi connectivity index (χ3v) is 8.23. The van der Waals surface area contributed by atoms with Crippen LogP contribution in [0.1, 0.15) is 36.8 Å². The van der Waals surface area contributed by atoms with E-state index >= 15 is 0 Å². The molecule has 1 aromatic heterocycles. The number of unbranched alkanes of at least 4 members (excludes halogenated alkanes) is 2. The molecule has 4 aromatic carbocycles. The lowest BCUT2D eigenvalue weighted by Gasteiger charge is -2.35. The molecule has 0 aliphatic heterocycles. The summed E-state index contributed by atoms with van der Waals surface area (Å²) in [6.45, 7) is -1.19. The van der Waals surface area contributed by atoms with Crippen LogP contribution >= 0.6 is 0 Å². The quantitative estimate of drug-likeness (QED) is 0.113. The lowest BCUT2D eigenvalue weighted by Crippen LogP contribution is -2.43. The molecule has 0 unspecified atom stereocenters. The fraction of sp³-hybridized carbons (Fsp3) is 0.250. The van der Waals surface area contributed by atoms with Crippen LogP contribution in [-0.2, 0) is 5.41 Å². The molecule has 0 spiro atoms. The zero-order chi connectivity index (χ0) is 31.3. The smallest absolute Gasteiger partial charge is 0.403 e. The molecule has 6 nitrogen and oxygen atoms in total. The summed E-state index contributed by atoms with van der Waals surface area (Å²) < 4.78 is 45.6. The summed E-state index contributed by atoms with van der Waals surface area (Å²) in [5.74, 6) is 0. The zero-order valence-corrected chi connectivity index (χ0v) is 24.6. The predicted molar refractivity (Wildman–Crippen MR) is 167 cm³/mol. The second-order valence-corrected chi connectivity index (χ2v) is 11.3. The van der Waals surface area contributed by atoms with Gasteiger partial charge in [-0.25, -0.2) is 0 Å². The number of hydroxylamine groups is 2. The lowest BCUT2D eigenvalue weighted by atomic mass is 9.74. The van der Waals surface area contributed by atoms with Gasteiger partial charge in [0.15, 0.2) is 0 Å². The van der Waals surface area contributed by atoms with Crippen molar-refractivity contribution in [1.29, 1.82) is 0 Å². The largest absolute Gasteiger partial charge is 0.462 e. The maximum Gasteiger partial charge on any atom is 0.403 e. The number of hydrogen-bond donors (Lipinski definition) is 1. The molecule has 0 saturated heterocycles. The van der Waals surface area contributed by atoms with Crippen molar-refractivity contribution >= 4 is 0 Å². The number of halogens is 3. The molecule has 0 saturated carbocycles. The third kappa shape index (κ3) is 6.74. The molecule has 1 aliphatic rings. The van der Waals surface area contributed by atoms with E-state index in [1.807, 2.05) is 109 Å². The summed E-state index contributed by atoms with van der Waals surface area (Å²) >= 11 is 0. The Morgan fingerprint density at radius 1 is 0.667 bits per heavy atom. The van der Waals surface area contributed by atoms with Crippen molar-refractivity contribution in [3.05, 3.63) is 120 Å². The van der Waals surface area contributed by atoms with Crippen molar-refractivity contribution in [2.24, 2.45) is 0 Å². The highest BCUT2D eigenvalue weighted by molar-refractivity contribution is 5.81. The average Bonchev–Trinajstić information content (AvgIpc) is 3.32. The highest BCUT2D eigenvalue weighted by atomic mass is 19.4. The molecule has 6 rings (SSSR count). The van der Waals surface area contributed by atoms with E-state index in [1.54, 1.807) is 0 Å². The number of hydrogen-bond acceptors (Lipinski definition) is 6. The van der Waals surface area contributed by atoms with Crippen LogP contribution in [0, 0.1) is 0 Å². The van der Waals surface area contributed by atoms with Gasteiger partial charge in [0.25, 0.3) is 0 Å². The van der Waals surface area contributed by atoms with Crippen LogP contribution in [0.3, 0.4) is 0 Å².